The molecule has 1 aromatic carbocycles. The van der Waals surface area contributed by atoms with Crippen molar-refractivity contribution in [2.75, 3.05) is 11.9 Å². The van der Waals surface area contributed by atoms with Gasteiger partial charge in [-0.2, -0.15) is 0 Å². The van der Waals surface area contributed by atoms with E-state index in [0.717, 1.165) is 0 Å². The fourth-order valence-electron chi connectivity index (χ4n) is 0.885. The van der Waals surface area contributed by atoms with Crippen LogP contribution in [0.5, 0.6) is 0 Å². The molecule has 0 bridgehead atoms. The minimum Gasteiger partial charge on any atom is -0.333 e. The Labute approximate surface area is 91.9 Å². The first-order chi connectivity index (χ1) is 7.08. The van der Waals surface area contributed by atoms with Gasteiger partial charge in [-0.3, -0.25) is 0 Å². The van der Waals surface area contributed by atoms with Crippen molar-refractivity contribution in [2.45, 2.75) is 0 Å². The summed E-state index contributed by atoms with van der Waals surface area (Å²) in [4.78, 5) is 11.2. The Bertz CT molecular complexity index is 364. The molecule has 0 aromatic heterocycles. The number of amides is 2. The topological polar surface area (TPSA) is 41.1 Å². The Morgan fingerprint density at radius 2 is 2.00 bits per heavy atom. The van der Waals surface area contributed by atoms with Crippen LogP contribution in [-0.4, -0.2) is 12.6 Å². The molecule has 0 radical (unpaired) electrons. The van der Waals surface area contributed by atoms with Gasteiger partial charge in [-0.25, -0.2) is 9.18 Å². The van der Waals surface area contributed by atoms with Crippen LogP contribution in [0.1, 0.15) is 0 Å². The molecule has 0 saturated heterocycles. The van der Waals surface area contributed by atoms with E-state index in [1.807, 2.05) is 0 Å². The number of halogens is 2. The first-order valence-electron chi connectivity index (χ1n) is 4.21. The third-order valence-corrected chi connectivity index (χ3v) is 1.68. The van der Waals surface area contributed by atoms with Gasteiger partial charge in [-0.1, -0.05) is 18.2 Å². The minimum absolute atomic E-state index is 0.189. The molecular formula is C10H10ClFN2O. The van der Waals surface area contributed by atoms with Crippen LogP contribution in [0.15, 0.2) is 35.9 Å². The third-order valence-electron chi connectivity index (χ3n) is 1.54. The zero-order valence-corrected chi connectivity index (χ0v) is 8.64. The van der Waals surface area contributed by atoms with Crippen molar-refractivity contribution >= 4 is 23.3 Å². The predicted molar refractivity (Wildman–Crippen MR) is 58.4 cm³/mol. The SMILES string of the molecule is C=C(Cl)CNC(=O)Nc1ccc(F)cc1. The molecule has 80 valence electrons. The molecule has 2 N–H and O–H groups in total. The molecule has 0 atom stereocenters. The monoisotopic (exact) mass is 228 g/mol. The van der Waals surface area contributed by atoms with Crippen molar-refractivity contribution in [2.24, 2.45) is 0 Å². The first-order valence-corrected chi connectivity index (χ1v) is 4.59. The van der Waals surface area contributed by atoms with E-state index in [1.54, 1.807) is 0 Å². The van der Waals surface area contributed by atoms with Crippen LogP contribution >= 0.6 is 11.6 Å². The number of hydrogen-bond acceptors (Lipinski definition) is 1. The summed E-state index contributed by atoms with van der Waals surface area (Å²) in [6.45, 7) is 3.61. The Balaban J connectivity index is 2.44. The van der Waals surface area contributed by atoms with Gasteiger partial charge in [0.15, 0.2) is 0 Å². The summed E-state index contributed by atoms with van der Waals surface area (Å²) in [7, 11) is 0. The van der Waals surface area contributed by atoms with Crippen LogP contribution in [0.25, 0.3) is 0 Å². The largest absolute Gasteiger partial charge is 0.333 e. The van der Waals surface area contributed by atoms with Gasteiger partial charge in [0.1, 0.15) is 5.82 Å². The Morgan fingerprint density at radius 3 is 2.53 bits per heavy atom. The fraction of sp³-hybridized carbons (Fsp3) is 0.100. The van der Waals surface area contributed by atoms with Gasteiger partial charge < -0.3 is 10.6 Å². The van der Waals surface area contributed by atoms with Gasteiger partial charge in [0, 0.05) is 10.7 Å². The molecule has 0 fully saturated rings. The van der Waals surface area contributed by atoms with Crippen LogP contribution in [-0.2, 0) is 0 Å². The van der Waals surface area contributed by atoms with Gasteiger partial charge in [-0.15, -0.1) is 0 Å². The molecule has 5 heteroatoms. The summed E-state index contributed by atoms with van der Waals surface area (Å²) in [5.41, 5.74) is 0.508. The van der Waals surface area contributed by atoms with Gasteiger partial charge in [0.25, 0.3) is 0 Å². The molecule has 0 saturated carbocycles. The molecule has 15 heavy (non-hydrogen) atoms. The number of carbonyl (C=O) groups is 1. The fourth-order valence-corrected chi connectivity index (χ4v) is 0.952. The van der Waals surface area contributed by atoms with Crippen molar-refractivity contribution in [3.63, 3.8) is 0 Å². The lowest BCUT2D eigenvalue weighted by molar-refractivity contribution is 0.253. The molecule has 2 amide bonds. The summed E-state index contributed by atoms with van der Waals surface area (Å²) in [5.74, 6) is -0.352. The molecule has 1 rings (SSSR count). The van der Waals surface area contributed by atoms with E-state index in [2.05, 4.69) is 17.2 Å². The summed E-state index contributed by atoms with van der Waals surface area (Å²) in [6.07, 6.45) is 0. The summed E-state index contributed by atoms with van der Waals surface area (Å²) in [6, 6.07) is 5.03. The number of anilines is 1. The van der Waals surface area contributed by atoms with Gasteiger partial charge in [-0.05, 0) is 24.3 Å². The van der Waals surface area contributed by atoms with Crippen LogP contribution < -0.4 is 10.6 Å². The second-order valence-electron chi connectivity index (χ2n) is 2.83. The number of urea groups is 1. The minimum atomic E-state index is -0.414. The highest BCUT2D eigenvalue weighted by molar-refractivity contribution is 6.29. The van der Waals surface area contributed by atoms with Crippen LogP contribution in [0, 0.1) is 5.82 Å². The third kappa shape index (κ3) is 4.46. The van der Waals surface area contributed by atoms with Gasteiger partial charge in [0.05, 0.1) is 6.54 Å². The molecule has 3 nitrogen and oxygen atoms in total. The van der Waals surface area contributed by atoms with Crippen LogP contribution in [0.3, 0.4) is 0 Å². The average molecular weight is 229 g/mol. The summed E-state index contributed by atoms with van der Waals surface area (Å²) in [5, 5.41) is 5.32. The molecule has 0 aliphatic carbocycles. The number of benzene rings is 1. The van der Waals surface area contributed by atoms with Gasteiger partial charge in [0.2, 0.25) is 0 Å². The maximum absolute atomic E-state index is 12.5. The molecule has 0 unspecified atom stereocenters. The van der Waals surface area contributed by atoms with Crippen molar-refractivity contribution in [1.29, 1.82) is 0 Å². The molecule has 0 heterocycles. The van der Waals surface area contributed by atoms with E-state index in [0.29, 0.717) is 10.7 Å². The predicted octanol–water partition coefficient (Wildman–Crippen LogP) is 2.70. The Kier molecular flexibility index (Phi) is 4.12. The van der Waals surface area contributed by atoms with Crippen molar-refractivity contribution < 1.29 is 9.18 Å². The molecule has 0 spiro atoms. The van der Waals surface area contributed by atoms with E-state index in [1.165, 1.54) is 24.3 Å². The zero-order chi connectivity index (χ0) is 11.3. The smallest absolute Gasteiger partial charge is 0.319 e. The van der Waals surface area contributed by atoms with E-state index in [4.69, 9.17) is 11.6 Å². The van der Waals surface area contributed by atoms with Gasteiger partial charge >= 0.3 is 6.03 Å². The number of nitrogens with one attached hydrogen (secondary N) is 2. The quantitative estimate of drug-likeness (QED) is 0.821. The second-order valence-corrected chi connectivity index (χ2v) is 3.37. The normalized spacial score (nSPS) is 9.47. The highest BCUT2D eigenvalue weighted by Crippen LogP contribution is 2.07. The summed E-state index contributed by atoms with van der Waals surface area (Å²) >= 11 is 5.46. The van der Waals surface area contributed by atoms with E-state index in [9.17, 15) is 9.18 Å². The Morgan fingerprint density at radius 1 is 1.40 bits per heavy atom. The van der Waals surface area contributed by atoms with E-state index in [-0.39, 0.29) is 12.4 Å². The molecule has 0 aliphatic heterocycles. The number of hydrogen-bond donors (Lipinski definition) is 2. The lowest BCUT2D eigenvalue weighted by atomic mass is 10.3. The van der Waals surface area contributed by atoms with Crippen molar-refractivity contribution in [3.05, 3.63) is 41.7 Å². The van der Waals surface area contributed by atoms with Crippen LogP contribution in [0.4, 0.5) is 14.9 Å². The van der Waals surface area contributed by atoms with Crippen LogP contribution in [0.2, 0.25) is 0 Å². The zero-order valence-electron chi connectivity index (χ0n) is 7.89. The Hall–Kier alpha value is -1.55. The highest BCUT2D eigenvalue weighted by atomic mass is 35.5. The number of carbonyl (C=O) groups excluding carboxylic acids is 1. The van der Waals surface area contributed by atoms with Crippen molar-refractivity contribution in [1.82, 2.24) is 5.32 Å². The maximum Gasteiger partial charge on any atom is 0.319 e. The van der Waals surface area contributed by atoms with Crippen molar-refractivity contribution in [3.8, 4) is 0 Å². The number of rotatable bonds is 3. The lowest BCUT2D eigenvalue weighted by Crippen LogP contribution is -2.29. The van der Waals surface area contributed by atoms with E-state index < -0.39 is 6.03 Å². The highest BCUT2D eigenvalue weighted by Gasteiger charge is 2.00. The first kappa shape index (κ1) is 11.5. The molecule has 1 aromatic rings. The maximum atomic E-state index is 12.5. The second kappa shape index (κ2) is 5.36. The lowest BCUT2D eigenvalue weighted by Gasteiger charge is -2.06. The molecular weight excluding hydrogens is 219 g/mol. The standard InChI is InChI=1S/C10H10ClFN2O/c1-7(11)6-13-10(15)14-9-4-2-8(12)3-5-9/h2-5H,1,6H2,(H2,13,14,15). The summed E-state index contributed by atoms with van der Waals surface area (Å²) < 4.78 is 12.5. The average Bonchev–Trinajstić information content (AvgIpc) is 2.19. The van der Waals surface area contributed by atoms with E-state index >= 15 is 0 Å². The molecule has 0 aliphatic rings.